The van der Waals surface area contributed by atoms with E-state index in [0.717, 1.165) is 25.7 Å². The lowest BCUT2D eigenvalue weighted by Crippen LogP contribution is -2.34. The first-order chi connectivity index (χ1) is 8.61. The van der Waals surface area contributed by atoms with Gasteiger partial charge in [-0.05, 0) is 52.0 Å². The van der Waals surface area contributed by atoms with Crippen molar-refractivity contribution in [1.82, 2.24) is 5.32 Å². The SMILES string of the molecule is Cc1ccc(CCC(C)NC(C)CCCO)cc1. The quantitative estimate of drug-likeness (QED) is 0.742. The molecule has 0 aliphatic rings. The molecular weight excluding hydrogens is 222 g/mol. The summed E-state index contributed by atoms with van der Waals surface area (Å²) in [5.74, 6) is 0. The van der Waals surface area contributed by atoms with Gasteiger partial charge in [-0.25, -0.2) is 0 Å². The van der Waals surface area contributed by atoms with E-state index in [2.05, 4.69) is 50.4 Å². The number of nitrogens with one attached hydrogen (secondary N) is 1. The van der Waals surface area contributed by atoms with Gasteiger partial charge in [0.2, 0.25) is 0 Å². The molecule has 0 aliphatic carbocycles. The van der Waals surface area contributed by atoms with Crippen molar-refractivity contribution in [1.29, 1.82) is 0 Å². The van der Waals surface area contributed by atoms with Crippen molar-refractivity contribution >= 4 is 0 Å². The Labute approximate surface area is 111 Å². The van der Waals surface area contributed by atoms with Gasteiger partial charge in [-0.1, -0.05) is 29.8 Å². The first-order valence-corrected chi connectivity index (χ1v) is 7.04. The Kier molecular flexibility index (Phi) is 6.99. The smallest absolute Gasteiger partial charge is 0.0431 e. The highest BCUT2D eigenvalue weighted by Crippen LogP contribution is 2.08. The Bertz CT molecular complexity index is 320. The van der Waals surface area contributed by atoms with Gasteiger partial charge < -0.3 is 10.4 Å². The highest BCUT2D eigenvalue weighted by atomic mass is 16.2. The average Bonchev–Trinajstić information content (AvgIpc) is 2.35. The van der Waals surface area contributed by atoms with Crippen LogP contribution in [0.5, 0.6) is 0 Å². The Morgan fingerprint density at radius 2 is 1.67 bits per heavy atom. The van der Waals surface area contributed by atoms with Crippen LogP contribution >= 0.6 is 0 Å². The van der Waals surface area contributed by atoms with Gasteiger partial charge in [0.25, 0.3) is 0 Å². The number of hydrogen-bond acceptors (Lipinski definition) is 2. The lowest BCUT2D eigenvalue weighted by atomic mass is 10.0. The van der Waals surface area contributed by atoms with E-state index in [-0.39, 0.29) is 0 Å². The van der Waals surface area contributed by atoms with Crippen LogP contribution in [0, 0.1) is 6.92 Å². The number of aryl methyl sites for hydroxylation is 2. The van der Waals surface area contributed by atoms with Crippen molar-refractivity contribution in [3.05, 3.63) is 35.4 Å². The van der Waals surface area contributed by atoms with Crippen molar-refractivity contribution in [3.8, 4) is 0 Å². The molecule has 1 aromatic rings. The van der Waals surface area contributed by atoms with Crippen LogP contribution in [-0.2, 0) is 6.42 Å². The maximum Gasteiger partial charge on any atom is 0.0431 e. The summed E-state index contributed by atoms with van der Waals surface area (Å²) in [5.41, 5.74) is 2.74. The average molecular weight is 249 g/mol. The molecule has 0 bridgehead atoms. The number of aliphatic hydroxyl groups excluding tert-OH is 1. The fourth-order valence-corrected chi connectivity index (χ4v) is 2.19. The molecular formula is C16H27NO. The second kappa shape index (κ2) is 8.28. The summed E-state index contributed by atoms with van der Waals surface area (Å²) in [6.07, 6.45) is 4.22. The minimum absolute atomic E-state index is 0.295. The molecule has 0 heterocycles. The van der Waals surface area contributed by atoms with Crippen LogP contribution in [0.1, 0.15) is 44.2 Å². The molecule has 0 amide bonds. The Morgan fingerprint density at radius 3 is 2.28 bits per heavy atom. The van der Waals surface area contributed by atoms with E-state index >= 15 is 0 Å². The third kappa shape index (κ3) is 6.18. The van der Waals surface area contributed by atoms with Gasteiger partial charge in [-0.3, -0.25) is 0 Å². The highest BCUT2D eigenvalue weighted by Gasteiger charge is 2.07. The Balaban J connectivity index is 2.24. The molecule has 0 fully saturated rings. The van der Waals surface area contributed by atoms with E-state index in [1.165, 1.54) is 11.1 Å². The predicted octanol–water partition coefficient (Wildman–Crippen LogP) is 3.07. The van der Waals surface area contributed by atoms with Crippen molar-refractivity contribution in [3.63, 3.8) is 0 Å². The summed E-state index contributed by atoms with van der Waals surface area (Å²) in [6, 6.07) is 9.81. The zero-order valence-electron chi connectivity index (χ0n) is 11.9. The van der Waals surface area contributed by atoms with Gasteiger partial charge in [-0.2, -0.15) is 0 Å². The highest BCUT2D eigenvalue weighted by molar-refractivity contribution is 5.21. The lowest BCUT2D eigenvalue weighted by Gasteiger charge is -2.19. The van der Waals surface area contributed by atoms with Crippen LogP contribution in [0.4, 0.5) is 0 Å². The normalized spacial score (nSPS) is 14.4. The molecule has 0 aliphatic heterocycles. The van der Waals surface area contributed by atoms with E-state index in [0.29, 0.717) is 18.7 Å². The first kappa shape index (κ1) is 15.2. The summed E-state index contributed by atoms with van der Waals surface area (Å²) >= 11 is 0. The second-order valence-corrected chi connectivity index (χ2v) is 5.36. The number of aliphatic hydroxyl groups is 1. The van der Waals surface area contributed by atoms with Gasteiger partial charge in [0, 0.05) is 18.7 Å². The molecule has 0 saturated heterocycles. The third-order valence-electron chi connectivity index (χ3n) is 3.35. The molecule has 0 aromatic heterocycles. The molecule has 1 aromatic carbocycles. The first-order valence-electron chi connectivity index (χ1n) is 7.04. The molecule has 0 spiro atoms. The molecule has 2 heteroatoms. The topological polar surface area (TPSA) is 32.3 Å². The van der Waals surface area contributed by atoms with Gasteiger partial charge in [0.1, 0.15) is 0 Å². The maximum atomic E-state index is 8.80. The molecule has 2 unspecified atom stereocenters. The molecule has 0 radical (unpaired) electrons. The van der Waals surface area contributed by atoms with E-state index in [9.17, 15) is 0 Å². The van der Waals surface area contributed by atoms with Gasteiger partial charge in [-0.15, -0.1) is 0 Å². The van der Waals surface area contributed by atoms with Gasteiger partial charge in [0.05, 0.1) is 0 Å². The monoisotopic (exact) mass is 249 g/mol. The predicted molar refractivity (Wildman–Crippen MR) is 77.9 cm³/mol. The molecule has 102 valence electrons. The fourth-order valence-electron chi connectivity index (χ4n) is 2.19. The summed E-state index contributed by atoms with van der Waals surface area (Å²) in [5, 5.41) is 12.4. The van der Waals surface area contributed by atoms with E-state index in [4.69, 9.17) is 5.11 Å². The number of hydrogen-bond donors (Lipinski definition) is 2. The molecule has 2 atom stereocenters. The summed E-state index contributed by atoms with van der Waals surface area (Å²) < 4.78 is 0. The van der Waals surface area contributed by atoms with Crippen LogP contribution in [0.3, 0.4) is 0 Å². The number of benzene rings is 1. The molecule has 0 saturated carbocycles. The van der Waals surface area contributed by atoms with Crippen molar-refractivity contribution in [2.24, 2.45) is 0 Å². The molecule has 1 rings (SSSR count). The minimum Gasteiger partial charge on any atom is -0.396 e. The zero-order chi connectivity index (χ0) is 13.4. The van der Waals surface area contributed by atoms with Crippen LogP contribution in [0.2, 0.25) is 0 Å². The Morgan fingerprint density at radius 1 is 1.06 bits per heavy atom. The second-order valence-electron chi connectivity index (χ2n) is 5.36. The van der Waals surface area contributed by atoms with Gasteiger partial charge in [0.15, 0.2) is 0 Å². The van der Waals surface area contributed by atoms with E-state index in [1.54, 1.807) is 0 Å². The van der Waals surface area contributed by atoms with Crippen molar-refractivity contribution in [2.75, 3.05) is 6.61 Å². The largest absolute Gasteiger partial charge is 0.396 e. The summed E-state index contributed by atoms with van der Waals surface area (Å²) in [4.78, 5) is 0. The van der Waals surface area contributed by atoms with Crippen molar-refractivity contribution in [2.45, 2.75) is 58.5 Å². The maximum absolute atomic E-state index is 8.80. The number of rotatable bonds is 8. The Hall–Kier alpha value is -0.860. The standard InChI is InChI=1S/C16H27NO/c1-13-6-9-16(10-7-13)11-8-15(3)17-14(2)5-4-12-18/h6-7,9-10,14-15,17-18H,4-5,8,11-12H2,1-3H3. The van der Waals surface area contributed by atoms with Crippen LogP contribution in [0.15, 0.2) is 24.3 Å². The summed E-state index contributed by atoms with van der Waals surface area (Å²) in [6.45, 7) is 6.85. The molecule has 18 heavy (non-hydrogen) atoms. The van der Waals surface area contributed by atoms with Crippen LogP contribution < -0.4 is 5.32 Å². The zero-order valence-corrected chi connectivity index (χ0v) is 11.9. The summed E-state index contributed by atoms with van der Waals surface area (Å²) in [7, 11) is 0. The van der Waals surface area contributed by atoms with Crippen LogP contribution in [0.25, 0.3) is 0 Å². The lowest BCUT2D eigenvalue weighted by molar-refractivity contribution is 0.273. The van der Waals surface area contributed by atoms with E-state index in [1.807, 2.05) is 0 Å². The van der Waals surface area contributed by atoms with Gasteiger partial charge >= 0.3 is 0 Å². The van der Waals surface area contributed by atoms with Crippen molar-refractivity contribution < 1.29 is 5.11 Å². The fraction of sp³-hybridized carbons (Fsp3) is 0.625. The molecule has 2 N–H and O–H groups in total. The molecule has 2 nitrogen and oxygen atoms in total. The van der Waals surface area contributed by atoms with Crippen LogP contribution in [-0.4, -0.2) is 23.8 Å². The third-order valence-corrected chi connectivity index (χ3v) is 3.35. The minimum atomic E-state index is 0.295. The van der Waals surface area contributed by atoms with E-state index < -0.39 is 0 Å².